The van der Waals surface area contributed by atoms with E-state index in [0.717, 1.165) is 5.69 Å². The first-order valence-corrected chi connectivity index (χ1v) is 5.51. The van der Waals surface area contributed by atoms with Gasteiger partial charge in [-0.1, -0.05) is 30.3 Å². The highest BCUT2D eigenvalue weighted by Gasteiger charge is 2.05. The Morgan fingerprint density at radius 3 is 2.50 bits per heavy atom. The fourth-order valence-electron chi connectivity index (χ4n) is 2.41. The minimum atomic E-state index is 1.11. The molecule has 0 amide bonds. The summed E-state index contributed by atoms with van der Waals surface area (Å²) >= 11 is 0. The molecule has 1 nitrogen and oxygen atoms in total. The second-order valence-corrected chi connectivity index (χ2v) is 4.23. The molecule has 0 radical (unpaired) electrons. The maximum Gasteiger partial charge on any atom is 0.0457 e. The fraction of sp³-hybridized carbons (Fsp3) is 0.133. The summed E-state index contributed by atoms with van der Waals surface area (Å²) < 4.78 is 0. The van der Waals surface area contributed by atoms with Crippen molar-refractivity contribution in [1.82, 2.24) is 4.98 Å². The van der Waals surface area contributed by atoms with Crippen LogP contribution in [-0.4, -0.2) is 4.98 Å². The maximum atomic E-state index is 4.39. The monoisotopic (exact) mass is 207 g/mol. The Morgan fingerprint density at radius 2 is 1.69 bits per heavy atom. The van der Waals surface area contributed by atoms with E-state index in [9.17, 15) is 0 Å². The standard InChI is InChI=1S/C15H13N/c1-10-9-12-7-8-16-11(2)15(12)14-6-4-3-5-13(10)14/h3-9H,1-2H3. The lowest BCUT2D eigenvalue weighted by Gasteiger charge is -2.08. The van der Waals surface area contributed by atoms with E-state index in [4.69, 9.17) is 0 Å². The van der Waals surface area contributed by atoms with Gasteiger partial charge in [0.2, 0.25) is 0 Å². The molecule has 0 saturated heterocycles. The molecule has 0 saturated carbocycles. The average Bonchev–Trinajstić information content (AvgIpc) is 2.29. The van der Waals surface area contributed by atoms with Crippen molar-refractivity contribution in [2.45, 2.75) is 13.8 Å². The van der Waals surface area contributed by atoms with Crippen LogP contribution in [0.25, 0.3) is 21.5 Å². The van der Waals surface area contributed by atoms with Crippen molar-refractivity contribution in [2.75, 3.05) is 0 Å². The molecule has 0 bridgehead atoms. The van der Waals surface area contributed by atoms with Gasteiger partial charge in [-0.05, 0) is 41.6 Å². The van der Waals surface area contributed by atoms with Gasteiger partial charge in [0.15, 0.2) is 0 Å². The van der Waals surface area contributed by atoms with Crippen molar-refractivity contribution >= 4 is 21.5 Å². The summed E-state index contributed by atoms with van der Waals surface area (Å²) in [6.45, 7) is 4.24. The number of hydrogen-bond donors (Lipinski definition) is 0. The Bertz CT molecular complexity index is 683. The first kappa shape index (κ1) is 9.34. The van der Waals surface area contributed by atoms with Crippen molar-refractivity contribution in [1.29, 1.82) is 0 Å². The number of rotatable bonds is 0. The summed E-state index contributed by atoms with van der Waals surface area (Å²) in [5.74, 6) is 0. The molecule has 78 valence electrons. The molecule has 0 N–H and O–H groups in total. The number of aryl methyl sites for hydroxylation is 2. The van der Waals surface area contributed by atoms with E-state index >= 15 is 0 Å². The van der Waals surface area contributed by atoms with Crippen LogP contribution in [0.2, 0.25) is 0 Å². The molecule has 0 aliphatic carbocycles. The summed E-state index contributed by atoms with van der Waals surface area (Å²) in [6.07, 6.45) is 1.88. The van der Waals surface area contributed by atoms with Crippen molar-refractivity contribution in [3.63, 3.8) is 0 Å². The third-order valence-corrected chi connectivity index (χ3v) is 3.17. The van der Waals surface area contributed by atoms with Crippen LogP contribution in [0.5, 0.6) is 0 Å². The molecule has 0 spiro atoms. The molecule has 16 heavy (non-hydrogen) atoms. The largest absolute Gasteiger partial charge is 0.261 e. The summed E-state index contributed by atoms with van der Waals surface area (Å²) in [4.78, 5) is 4.39. The predicted octanol–water partition coefficient (Wildman–Crippen LogP) is 4.00. The van der Waals surface area contributed by atoms with Crippen LogP contribution in [0.4, 0.5) is 0 Å². The number of nitrogens with zero attached hydrogens (tertiary/aromatic N) is 1. The Kier molecular flexibility index (Phi) is 1.93. The Hall–Kier alpha value is -1.89. The van der Waals surface area contributed by atoms with Gasteiger partial charge in [0.1, 0.15) is 0 Å². The van der Waals surface area contributed by atoms with E-state index in [-0.39, 0.29) is 0 Å². The molecule has 0 unspecified atom stereocenters. The maximum absolute atomic E-state index is 4.39. The molecular formula is C15H13N. The summed E-state index contributed by atoms with van der Waals surface area (Å²) in [7, 11) is 0. The zero-order chi connectivity index (χ0) is 11.1. The minimum absolute atomic E-state index is 1.11. The van der Waals surface area contributed by atoms with Crippen LogP contribution < -0.4 is 0 Å². The molecule has 0 atom stereocenters. The smallest absolute Gasteiger partial charge is 0.0457 e. The van der Waals surface area contributed by atoms with Gasteiger partial charge in [-0.2, -0.15) is 0 Å². The summed E-state index contributed by atoms with van der Waals surface area (Å²) in [5.41, 5.74) is 2.43. The quantitative estimate of drug-likeness (QED) is 0.508. The summed E-state index contributed by atoms with van der Waals surface area (Å²) in [5, 5.41) is 5.20. The lowest BCUT2D eigenvalue weighted by atomic mass is 9.98. The van der Waals surface area contributed by atoms with Gasteiger partial charge in [-0.15, -0.1) is 0 Å². The van der Waals surface area contributed by atoms with Gasteiger partial charge < -0.3 is 0 Å². The van der Waals surface area contributed by atoms with Gasteiger partial charge in [0.25, 0.3) is 0 Å². The molecule has 3 rings (SSSR count). The van der Waals surface area contributed by atoms with Gasteiger partial charge in [-0.3, -0.25) is 4.98 Å². The van der Waals surface area contributed by atoms with Crippen LogP contribution in [0.15, 0.2) is 42.6 Å². The van der Waals surface area contributed by atoms with Crippen LogP contribution in [0.3, 0.4) is 0 Å². The molecule has 2 aromatic carbocycles. The molecule has 3 aromatic rings. The van der Waals surface area contributed by atoms with Crippen LogP contribution in [0.1, 0.15) is 11.3 Å². The van der Waals surface area contributed by atoms with Crippen LogP contribution in [0, 0.1) is 13.8 Å². The van der Waals surface area contributed by atoms with Gasteiger partial charge in [0, 0.05) is 17.3 Å². The van der Waals surface area contributed by atoms with E-state index in [0.29, 0.717) is 0 Å². The normalized spacial score (nSPS) is 11.1. The first-order chi connectivity index (χ1) is 7.77. The third-order valence-electron chi connectivity index (χ3n) is 3.17. The molecule has 1 heteroatoms. The van der Waals surface area contributed by atoms with E-state index in [2.05, 4.69) is 55.2 Å². The number of pyridine rings is 1. The predicted molar refractivity (Wildman–Crippen MR) is 68.7 cm³/mol. The highest BCUT2D eigenvalue weighted by molar-refractivity contribution is 6.09. The second kappa shape index (κ2) is 3.31. The van der Waals surface area contributed by atoms with Crippen LogP contribution in [-0.2, 0) is 0 Å². The van der Waals surface area contributed by atoms with E-state index in [1.165, 1.54) is 27.1 Å². The minimum Gasteiger partial charge on any atom is -0.261 e. The molecule has 1 aromatic heterocycles. The Morgan fingerprint density at radius 1 is 0.938 bits per heavy atom. The van der Waals surface area contributed by atoms with Crippen molar-refractivity contribution in [2.24, 2.45) is 0 Å². The molecule has 1 heterocycles. The van der Waals surface area contributed by atoms with Gasteiger partial charge in [0.05, 0.1) is 0 Å². The lowest BCUT2D eigenvalue weighted by Crippen LogP contribution is -1.87. The molecule has 0 aliphatic heterocycles. The lowest BCUT2D eigenvalue weighted by molar-refractivity contribution is 1.24. The van der Waals surface area contributed by atoms with E-state index in [1.54, 1.807) is 0 Å². The highest BCUT2D eigenvalue weighted by atomic mass is 14.7. The fourth-order valence-corrected chi connectivity index (χ4v) is 2.41. The first-order valence-electron chi connectivity index (χ1n) is 5.51. The van der Waals surface area contributed by atoms with E-state index in [1.807, 2.05) is 6.20 Å². The second-order valence-electron chi connectivity index (χ2n) is 4.23. The van der Waals surface area contributed by atoms with Crippen LogP contribution >= 0.6 is 0 Å². The Balaban J connectivity index is 2.67. The average molecular weight is 207 g/mol. The molecule has 0 aliphatic rings. The molecular weight excluding hydrogens is 194 g/mol. The third kappa shape index (κ3) is 1.21. The number of hydrogen-bond acceptors (Lipinski definition) is 1. The molecule has 0 fully saturated rings. The SMILES string of the molecule is Cc1cc2ccnc(C)c2c2ccccc12. The van der Waals surface area contributed by atoms with Crippen molar-refractivity contribution < 1.29 is 0 Å². The number of aromatic nitrogens is 1. The highest BCUT2D eigenvalue weighted by Crippen LogP contribution is 2.29. The topological polar surface area (TPSA) is 12.9 Å². The number of fused-ring (bicyclic) bond motifs is 3. The van der Waals surface area contributed by atoms with Gasteiger partial charge in [-0.25, -0.2) is 0 Å². The van der Waals surface area contributed by atoms with Crippen molar-refractivity contribution in [3.05, 3.63) is 53.9 Å². The van der Waals surface area contributed by atoms with Gasteiger partial charge >= 0.3 is 0 Å². The summed E-state index contributed by atoms with van der Waals surface area (Å²) in [6, 6.07) is 12.9. The zero-order valence-corrected chi connectivity index (χ0v) is 9.49. The van der Waals surface area contributed by atoms with E-state index < -0.39 is 0 Å². The zero-order valence-electron chi connectivity index (χ0n) is 9.49. The Labute approximate surface area is 94.7 Å². The van der Waals surface area contributed by atoms with Crippen molar-refractivity contribution in [3.8, 4) is 0 Å². The number of benzene rings is 2.